The van der Waals surface area contributed by atoms with Gasteiger partial charge in [0.1, 0.15) is 6.61 Å². The van der Waals surface area contributed by atoms with Crippen LogP contribution in [0.1, 0.15) is 12.5 Å². The van der Waals surface area contributed by atoms with Crippen LogP contribution in [0, 0.1) is 0 Å². The maximum Gasteiger partial charge on any atom is 0.302 e. The van der Waals surface area contributed by atoms with E-state index in [0.717, 1.165) is 9.35 Å². The van der Waals surface area contributed by atoms with Gasteiger partial charge in [0.05, 0.1) is 3.79 Å². The molecule has 11 heavy (non-hydrogen) atoms. The molecule has 1 aromatic rings. The van der Waals surface area contributed by atoms with E-state index in [9.17, 15) is 4.79 Å². The lowest BCUT2D eigenvalue weighted by Gasteiger charge is -1.98. The molecule has 0 aliphatic carbocycles. The molecule has 1 heterocycles. The summed E-state index contributed by atoms with van der Waals surface area (Å²) in [7, 11) is 0. The second-order valence-corrected chi connectivity index (χ2v) is 4.23. The number of rotatable bonds is 2. The van der Waals surface area contributed by atoms with E-state index in [0.29, 0.717) is 6.61 Å². The normalized spacial score (nSPS) is 9.64. The van der Waals surface area contributed by atoms with Gasteiger partial charge in [-0.3, -0.25) is 4.79 Å². The monoisotopic (exact) mass is 234 g/mol. The molecular formula is C7H7BrO2S. The number of hydrogen-bond acceptors (Lipinski definition) is 3. The van der Waals surface area contributed by atoms with Crippen LogP contribution in [-0.4, -0.2) is 5.97 Å². The summed E-state index contributed by atoms with van der Waals surface area (Å²) < 4.78 is 5.83. The Kier molecular flexibility index (Phi) is 3.08. The molecule has 0 saturated carbocycles. The van der Waals surface area contributed by atoms with Crippen molar-refractivity contribution < 1.29 is 9.53 Å². The van der Waals surface area contributed by atoms with Gasteiger partial charge in [-0.2, -0.15) is 0 Å². The van der Waals surface area contributed by atoms with Crippen molar-refractivity contribution in [1.82, 2.24) is 0 Å². The second kappa shape index (κ2) is 3.88. The van der Waals surface area contributed by atoms with Gasteiger partial charge in [0.25, 0.3) is 0 Å². The highest BCUT2D eigenvalue weighted by molar-refractivity contribution is 9.11. The molecule has 1 aromatic heterocycles. The zero-order chi connectivity index (χ0) is 8.27. The molecule has 0 aliphatic rings. The van der Waals surface area contributed by atoms with Crippen LogP contribution in [0.3, 0.4) is 0 Å². The summed E-state index contributed by atoms with van der Waals surface area (Å²) in [5.41, 5.74) is 1.02. The van der Waals surface area contributed by atoms with E-state index in [2.05, 4.69) is 15.9 Å². The van der Waals surface area contributed by atoms with Crippen LogP contribution < -0.4 is 0 Å². The molecule has 0 spiro atoms. The molecule has 0 radical (unpaired) electrons. The van der Waals surface area contributed by atoms with E-state index in [1.54, 1.807) is 11.3 Å². The molecule has 60 valence electrons. The number of carbonyl (C=O) groups is 1. The third kappa shape index (κ3) is 2.63. The molecule has 0 saturated heterocycles. The highest BCUT2D eigenvalue weighted by atomic mass is 79.9. The fourth-order valence-electron chi connectivity index (χ4n) is 0.601. The summed E-state index contributed by atoms with van der Waals surface area (Å²) in [6.45, 7) is 1.76. The van der Waals surface area contributed by atoms with Crippen LogP contribution in [0.15, 0.2) is 15.2 Å². The Balaban J connectivity index is 2.51. The van der Waals surface area contributed by atoms with Crippen molar-refractivity contribution in [3.8, 4) is 0 Å². The van der Waals surface area contributed by atoms with E-state index in [4.69, 9.17) is 4.74 Å². The van der Waals surface area contributed by atoms with Crippen molar-refractivity contribution in [2.45, 2.75) is 13.5 Å². The number of hydrogen-bond donors (Lipinski definition) is 0. The zero-order valence-electron chi connectivity index (χ0n) is 5.96. The van der Waals surface area contributed by atoms with E-state index in [-0.39, 0.29) is 5.97 Å². The van der Waals surface area contributed by atoms with E-state index >= 15 is 0 Å². The second-order valence-electron chi connectivity index (χ2n) is 2.00. The summed E-state index contributed by atoms with van der Waals surface area (Å²) in [5.74, 6) is -0.247. The molecule has 0 aromatic carbocycles. The SMILES string of the molecule is CC(=O)OCc1ccsc1Br. The van der Waals surface area contributed by atoms with Crippen molar-refractivity contribution in [2.75, 3.05) is 0 Å². The lowest BCUT2D eigenvalue weighted by atomic mass is 10.4. The molecule has 0 N–H and O–H groups in total. The van der Waals surface area contributed by atoms with Crippen molar-refractivity contribution in [1.29, 1.82) is 0 Å². The molecule has 0 unspecified atom stereocenters. The highest BCUT2D eigenvalue weighted by Crippen LogP contribution is 2.23. The van der Waals surface area contributed by atoms with Gasteiger partial charge < -0.3 is 4.74 Å². The minimum Gasteiger partial charge on any atom is -0.461 e. The van der Waals surface area contributed by atoms with Crippen molar-refractivity contribution in [3.05, 3.63) is 20.8 Å². The predicted molar refractivity (Wildman–Crippen MR) is 47.5 cm³/mol. The molecule has 0 aliphatic heterocycles. The molecule has 2 nitrogen and oxygen atoms in total. The predicted octanol–water partition coefficient (Wildman–Crippen LogP) is 2.57. The number of carbonyl (C=O) groups excluding carboxylic acids is 1. The first-order valence-corrected chi connectivity index (χ1v) is 4.72. The van der Waals surface area contributed by atoms with E-state index < -0.39 is 0 Å². The number of thiophene rings is 1. The molecule has 4 heteroatoms. The Morgan fingerprint density at radius 3 is 3.00 bits per heavy atom. The minimum atomic E-state index is -0.247. The fourth-order valence-corrected chi connectivity index (χ4v) is 1.80. The van der Waals surface area contributed by atoms with Gasteiger partial charge in [-0.25, -0.2) is 0 Å². The van der Waals surface area contributed by atoms with Crippen molar-refractivity contribution in [2.24, 2.45) is 0 Å². The van der Waals surface area contributed by atoms with Gasteiger partial charge in [-0.05, 0) is 27.4 Å². The van der Waals surface area contributed by atoms with Crippen molar-refractivity contribution in [3.63, 3.8) is 0 Å². The first-order chi connectivity index (χ1) is 5.20. The molecule has 0 fully saturated rings. The van der Waals surface area contributed by atoms with Gasteiger partial charge in [0.15, 0.2) is 0 Å². The summed E-state index contributed by atoms with van der Waals surface area (Å²) in [5, 5.41) is 1.95. The average Bonchev–Trinajstić information content (AvgIpc) is 2.31. The summed E-state index contributed by atoms with van der Waals surface area (Å²) in [6, 6.07) is 1.93. The average molecular weight is 235 g/mol. The molecule has 0 amide bonds. The lowest BCUT2D eigenvalue weighted by Crippen LogP contribution is -1.97. The van der Waals surface area contributed by atoms with Crippen LogP contribution in [0.5, 0.6) is 0 Å². The Hall–Kier alpha value is -0.350. The fraction of sp³-hybridized carbons (Fsp3) is 0.286. The van der Waals surface area contributed by atoms with Crippen LogP contribution in [-0.2, 0) is 16.1 Å². The minimum absolute atomic E-state index is 0.247. The smallest absolute Gasteiger partial charge is 0.302 e. The lowest BCUT2D eigenvalue weighted by molar-refractivity contribution is -0.142. The third-order valence-corrected chi connectivity index (χ3v) is 2.94. The first kappa shape index (κ1) is 8.74. The van der Waals surface area contributed by atoms with Crippen LogP contribution >= 0.6 is 27.3 Å². The van der Waals surface area contributed by atoms with Crippen LogP contribution in [0.4, 0.5) is 0 Å². The Labute approximate surface area is 77.3 Å². The van der Waals surface area contributed by atoms with E-state index in [1.165, 1.54) is 6.92 Å². The zero-order valence-corrected chi connectivity index (χ0v) is 8.37. The molecular weight excluding hydrogens is 228 g/mol. The third-order valence-electron chi connectivity index (χ3n) is 1.12. The Morgan fingerprint density at radius 1 is 1.82 bits per heavy atom. The van der Waals surface area contributed by atoms with Gasteiger partial charge in [0.2, 0.25) is 0 Å². The van der Waals surface area contributed by atoms with Gasteiger partial charge in [0, 0.05) is 12.5 Å². The molecule has 0 atom stereocenters. The number of esters is 1. The number of ether oxygens (including phenoxy) is 1. The molecule has 0 bridgehead atoms. The standard InChI is InChI=1S/C7H7BrO2S/c1-5(9)10-4-6-2-3-11-7(6)8/h2-3H,4H2,1H3. The van der Waals surface area contributed by atoms with Crippen LogP contribution in [0.2, 0.25) is 0 Å². The Bertz CT molecular complexity index is 257. The maximum absolute atomic E-state index is 10.4. The summed E-state index contributed by atoms with van der Waals surface area (Å²) in [6.07, 6.45) is 0. The van der Waals surface area contributed by atoms with Gasteiger partial charge in [-0.15, -0.1) is 11.3 Å². The van der Waals surface area contributed by atoms with Crippen LogP contribution in [0.25, 0.3) is 0 Å². The first-order valence-electron chi connectivity index (χ1n) is 3.05. The highest BCUT2D eigenvalue weighted by Gasteiger charge is 2.01. The largest absolute Gasteiger partial charge is 0.461 e. The quantitative estimate of drug-likeness (QED) is 0.736. The van der Waals surface area contributed by atoms with E-state index in [1.807, 2.05) is 11.4 Å². The topological polar surface area (TPSA) is 26.3 Å². The molecule has 1 rings (SSSR count). The maximum atomic E-state index is 10.4. The Morgan fingerprint density at radius 2 is 2.55 bits per heavy atom. The van der Waals surface area contributed by atoms with Gasteiger partial charge >= 0.3 is 5.97 Å². The summed E-state index contributed by atoms with van der Waals surface area (Å²) in [4.78, 5) is 10.4. The summed E-state index contributed by atoms with van der Waals surface area (Å²) >= 11 is 4.93. The van der Waals surface area contributed by atoms with Crippen molar-refractivity contribution >= 4 is 33.2 Å². The number of halogens is 1. The van der Waals surface area contributed by atoms with Gasteiger partial charge in [-0.1, -0.05) is 0 Å².